The van der Waals surface area contributed by atoms with Crippen molar-refractivity contribution in [1.29, 1.82) is 0 Å². The Hall–Kier alpha value is -0.160. The van der Waals surface area contributed by atoms with Crippen LogP contribution in [0.25, 0.3) is 0 Å². The molecule has 0 N–H and O–H groups in total. The highest BCUT2D eigenvalue weighted by atomic mass is 15.4. The fraction of sp³-hybridized carbons (Fsp3) is 1.00. The van der Waals surface area contributed by atoms with Gasteiger partial charge in [-0.1, -0.05) is 117 Å². The van der Waals surface area contributed by atoms with Crippen LogP contribution in [0.15, 0.2) is 0 Å². The molecule has 42 heavy (non-hydrogen) atoms. The van der Waals surface area contributed by atoms with Crippen LogP contribution in [0.1, 0.15) is 142 Å². The predicted molar refractivity (Wildman–Crippen MR) is 191 cm³/mol. The Morgan fingerprint density at radius 2 is 0.381 bits per heavy atom. The fourth-order valence-corrected chi connectivity index (χ4v) is 6.13. The maximum absolute atomic E-state index is 2.46. The molecule has 0 rings (SSSR count). The summed E-state index contributed by atoms with van der Waals surface area (Å²) in [7, 11) is 19.7. The van der Waals surface area contributed by atoms with Gasteiger partial charge in [-0.05, 0) is 25.7 Å². The van der Waals surface area contributed by atoms with E-state index >= 15 is 0 Å². The van der Waals surface area contributed by atoms with Gasteiger partial charge in [0.15, 0.2) is 0 Å². The quantitative estimate of drug-likeness (QED) is 0.0551. The molecule has 0 aromatic heterocycles. The maximum Gasteiger partial charge on any atom is 0.128 e. The molecule has 0 bridgehead atoms. The number of nitrogens with zero attached hydrogens (tertiary/aromatic N) is 4. The Bertz CT molecular complexity index is 544. The second-order valence-electron chi connectivity index (χ2n) is 16.9. The molecular formula is C38H86N4+4. The van der Waals surface area contributed by atoms with Crippen LogP contribution in [0.2, 0.25) is 0 Å². The SMILES string of the molecule is CCCCCCCCCCCC[N+](C)(C)CC[N+](C)(C)CC[N+](C)(C)CC[N+](C)(C)CCCCCCCCCCCC. The maximum atomic E-state index is 2.46. The molecule has 0 aliphatic carbocycles. The molecule has 0 aliphatic heterocycles. The molecule has 0 radical (unpaired) electrons. The smallest absolute Gasteiger partial charge is 0.128 e. The van der Waals surface area contributed by atoms with E-state index in [0.717, 1.165) is 8.97 Å². The first-order valence-corrected chi connectivity index (χ1v) is 19.0. The van der Waals surface area contributed by atoms with E-state index in [-0.39, 0.29) is 0 Å². The van der Waals surface area contributed by atoms with Gasteiger partial charge >= 0.3 is 0 Å². The Labute approximate surface area is 268 Å². The van der Waals surface area contributed by atoms with Crippen LogP contribution in [0.3, 0.4) is 0 Å². The van der Waals surface area contributed by atoms with Crippen molar-refractivity contribution >= 4 is 0 Å². The van der Waals surface area contributed by atoms with E-state index in [1.807, 2.05) is 0 Å². The van der Waals surface area contributed by atoms with Crippen LogP contribution in [0.5, 0.6) is 0 Å². The molecule has 0 heterocycles. The first kappa shape index (κ1) is 41.8. The average Bonchev–Trinajstić information content (AvgIpc) is 2.92. The number of rotatable bonds is 31. The van der Waals surface area contributed by atoms with Crippen molar-refractivity contribution in [3.8, 4) is 0 Å². The van der Waals surface area contributed by atoms with Gasteiger partial charge < -0.3 is 17.9 Å². The molecule has 0 saturated carbocycles. The van der Waals surface area contributed by atoms with Crippen LogP contribution < -0.4 is 0 Å². The van der Waals surface area contributed by atoms with Crippen LogP contribution in [0, 0.1) is 0 Å². The average molecular weight is 599 g/mol. The molecule has 0 atom stereocenters. The molecule has 0 unspecified atom stereocenters. The van der Waals surface area contributed by atoms with E-state index < -0.39 is 0 Å². The lowest BCUT2D eigenvalue weighted by molar-refractivity contribution is -0.978. The van der Waals surface area contributed by atoms with Gasteiger partial charge in [0.2, 0.25) is 0 Å². The Morgan fingerprint density at radius 1 is 0.214 bits per heavy atom. The van der Waals surface area contributed by atoms with Crippen LogP contribution in [0.4, 0.5) is 0 Å². The minimum Gasteiger partial charge on any atom is -0.324 e. The third kappa shape index (κ3) is 27.4. The van der Waals surface area contributed by atoms with E-state index in [0.29, 0.717) is 0 Å². The summed E-state index contributed by atoms with van der Waals surface area (Å²) in [5, 5.41) is 0. The summed E-state index contributed by atoms with van der Waals surface area (Å²) in [6.45, 7) is 15.0. The number of unbranched alkanes of at least 4 members (excludes halogenated alkanes) is 18. The summed E-state index contributed by atoms with van der Waals surface area (Å²) < 4.78 is 4.67. The van der Waals surface area contributed by atoms with Gasteiger partial charge in [0.25, 0.3) is 0 Å². The number of hydrogen-bond donors (Lipinski definition) is 0. The molecule has 4 nitrogen and oxygen atoms in total. The molecule has 0 amide bonds. The van der Waals surface area contributed by atoms with Gasteiger partial charge in [0.05, 0.1) is 69.5 Å². The van der Waals surface area contributed by atoms with Gasteiger partial charge in [-0.2, -0.15) is 0 Å². The zero-order chi connectivity index (χ0) is 31.8. The molecule has 0 spiro atoms. The predicted octanol–water partition coefficient (Wildman–Crippen LogP) is 9.13. The third-order valence-corrected chi connectivity index (χ3v) is 10.2. The van der Waals surface area contributed by atoms with Crippen LogP contribution in [-0.4, -0.2) is 127 Å². The van der Waals surface area contributed by atoms with Crippen molar-refractivity contribution in [3.05, 3.63) is 0 Å². The van der Waals surface area contributed by atoms with Gasteiger partial charge in [-0.25, -0.2) is 0 Å². The Morgan fingerprint density at radius 3 is 0.595 bits per heavy atom. The topological polar surface area (TPSA) is 0 Å². The van der Waals surface area contributed by atoms with E-state index in [4.69, 9.17) is 0 Å². The normalized spacial score (nSPS) is 13.3. The lowest BCUT2D eigenvalue weighted by atomic mass is 10.1. The van der Waals surface area contributed by atoms with E-state index in [1.165, 1.54) is 190 Å². The lowest BCUT2D eigenvalue weighted by Crippen LogP contribution is -2.57. The van der Waals surface area contributed by atoms with Crippen molar-refractivity contribution in [2.45, 2.75) is 142 Å². The molecule has 0 fully saturated rings. The largest absolute Gasteiger partial charge is 0.324 e. The summed E-state index contributed by atoms with van der Waals surface area (Å²) in [5.41, 5.74) is 0. The van der Waals surface area contributed by atoms with Crippen molar-refractivity contribution in [1.82, 2.24) is 0 Å². The van der Waals surface area contributed by atoms with Gasteiger partial charge in [0, 0.05) is 0 Å². The Balaban J connectivity index is 4.07. The van der Waals surface area contributed by atoms with Gasteiger partial charge in [-0.3, -0.25) is 0 Å². The summed E-state index contributed by atoms with van der Waals surface area (Å²) in [4.78, 5) is 0. The molecule has 0 aromatic carbocycles. The van der Waals surface area contributed by atoms with Crippen molar-refractivity contribution in [2.75, 3.05) is 109 Å². The monoisotopic (exact) mass is 599 g/mol. The minimum absolute atomic E-state index is 1.15. The molecule has 4 heteroatoms. The molecule has 0 aliphatic rings. The fourth-order valence-electron chi connectivity index (χ4n) is 6.13. The molecular weight excluding hydrogens is 512 g/mol. The first-order chi connectivity index (χ1) is 19.7. The number of hydrogen-bond acceptors (Lipinski definition) is 0. The van der Waals surface area contributed by atoms with Crippen molar-refractivity contribution in [3.63, 3.8) is 0 Å². The zero-order valence-electron chi connectivity index (χ0n) is 31.6. The van der Waals surface area contributed by atoms with Crippen LogP contribution >= 0.6 is 0 Å². The second-order valence-corrected chi connectivity index (χ2v) is 16.9. The zero-order valence-corrected chi connectivity index (χ0v) is 31.6. The second kappa shape index (κ2) is 24.1. The number of likely N-dealkylation sites (N-methyl/N-ethyl adjacent to an activating group) is 4. The molecule has 0 saturated heterocycles. The third-order valence-electron chi connectivity index (χ3n) is 10.2. The standard InChI is InChI=1S/C38H86N4/c1-11-13-15-17-19-21-23-25-27-29-31-39(3,4)33-35-41(7,8)37-38-42(9,10)36-34-40(5,6)32-30-28-26-24-22-20-18-16-14-12-2/h11-38H2,1-10H3/q+4. The highest BCUT2D eigenvalue weighted by molar-refractivity contribution is 4.50. The summed E-state index contributed by atoms with van der Waals surface area (Å²) in [6.07, 6.45) is 28.6. The summed E-state index contributed by atoms with van der Waals surface area (Å²) in [6, 6.07) is 0. The summed E-state index contributed by atoms with van der Waals surface area (Å²) >= 11 is 0. The summed E-state index contributed by atoms with van der Waals surface area (Å²) in [5.74, 6) is 0. The van der Waals surface area contributed by atoms with Crippen molar-refractivity contribution < 1.29 is 17.9 Å². The highest BCUT2D eigenvalue weighted by Gasteiger charge is 2.28. The van der Waals surface area contributed by atoms with E-state index in [1.54, 1.807) is 0 Å². The van der Waals surface area contributed by atoms with Crippen LogP contribution in [-0.2, 0) is 0 Å². The van der Waals surface area contributed by atoms with Gasteiger partial charge in [-0.15, -0.1) is 0 Å². The molecule has 0 aromatic rings. The highest BCUT2D eigenvalue weighted by Crippen LogP contribution is 2.14. The Kier molecular flexibility index (Phi) is 24.0. The van der Waals surface area contributed by atoms with Gasteiger partial charge in [0.1, 0.15) is 39.3 Å². The van der Waals surface area contributed by atoms with E-state index in [9.17, 15) is 0 Å². The van der Waals surface area contributed by atoms with E-state index in [2.05, 4.69) is 70.2 Å². The first-order valence-electron chi connectivity index (χ1n) is 19.0. The van der Waals surface area contributed by atoms with Crippen molar-refractivity contribution in [2.24, 2.45) is 0 Å². The number of quaternary nitrogens is 4. The minimum atomic E-state index is 1.15. The lowest BCUT2D eigenvalue weighted by Gasteiger charge is -2.39. The molecule has 254 valence electrons.